The van der Waals surface area contributed by atoms with E-state index in [-0.39, 0.29) is 0 Å². The number of carbonyl (C=O) groups is 1. The fourth-order valence-electron chi connectivity index (χ4n) is 0.599. The van der Waals surface area contributed by atoms with Gasteiger partial charge in [0.25, 0.3) is 0 Å². The van der Waals surface area contributed by atoms with Crippen molar-refractivity contribution in [2.75, 3.05) is 6.54 Å². The zero-order valence-electron chi connectivity index (χ0n) is 6.98. The number of nitro groups is 3. The average molecular weight is 223 g/mol. The Morgan fingerprint density at radius 2 is 1.47 bits per heavy atom. The van der Waals surface area contributed by atoms with Crippen LogP contribution in [0.4, 0.5) is 4.79 Å². The number of nitrogens with two attached hydrogens (primary N) is 1. The number of amides is 2. The molecule has 0 rings (SSSR count). The molecule has 12 nitrogen and oxygen atoms in total. The van der Waals surface area contributed by atoms with Gasteiger partial charge in [-0.1, -0.05) is 0 Å². The van der Waals surface area contributed by atoms with E-state index in [4.69, 9.17) is 0 Å². The summed E-state index contributed by atoms with van der Waals surface area (Å²) in [7, 11) is 0. The number of urea groups is 1. The van der Waals surface area contributed by atoms with Gasteiger partial charge >= 0.3 is 11.8 Å². The Kier molecular flexibility index (Phi) is 3.42. The molecule has 0 saturated carbocycles. The lowest BCUT2D eigenvalue weighted by atomic mass is 10.4. The smallest absolute Gasteiger partial charge is 0.352 e. The molecule has 0 spiro atoms. The van der Waals surface area contributed by atoms with E-state index in [9.17, 15) is 35.1 Å². The highest BCUT2D eigenvalue weighted by Gasteiger charge is 2.70. The van der Waals surface area contributed by atoms with Crippen molar-refractivity contribution in [1.82, 2.24) is 5.32 Å². The second-order valence-corrected chi connectivity index (χ2v) is 2.26. The summed E-state index contributed by atoms with van der Waals surface area (Å²) in [5, 5.41) is 32.2. The zero-order chi connectivity index (χ0) is 12.2. The number of nitrogens with one attached hydrogen (secondary N) is 1. The van der Waals surface area contributed by atoms with Gasteiger partial charge in [0.15, 0.2) is 14.8 Å². The van der Waals surface area contributed by atoms with Crippen molar-refractivity contribution in [2.24, 2.45) is 5.73 Å². The van der Waals surface area contributed by atoms with Gasteiger partial charge in [-0.2, -0.15) is 0 Å². The van der Waals surface area contributed by atoms with Crippen LogP contribution in [-0.4, -0.2) is 33.1 Å². The highest BCUT2D eigenvalue weighted by atomic mass is 16.7. The maximum absolute atomic E-state index is 10.2. The van der Waals surface area contributed by atoms with Crippen LogP contribution in [-0.2, 0) is 0 Å². The van der Waals surface area contributed by atoms with Crippen molar-refractivity contribution in [2.45, 2.75) is 5.79 Å². The van der Waals surface area contributed by atoms with E-state index in [0.717, 1.165) is 0 Å². The molecule has 12 heteroatoms. The van der Waals surface area contributed by atoms with Crippen molar-refractivity contribution in [3.8, 4) is 0 Å². The summed E-state index contributed by atoms with van der Waals surface area (Å²) in [5.41, 5.74) is 4.48. The first-order chi connectivity index (χ1) is 6.75. The van der Waals surface area contributed by atoms with Gasteiger partial charge in [0.1, 0.15) is 0 Å². The summed E-state index contributed by atoms with van der Waals surface area (Å²) in [4.78, 5) is 35.7. The Hall–Kier alpha value is -2.53. The van der Waals surface area contributed by atoms with Gasteiger partial charge in [-0.15, -0.1) is 0 Å². The topological polar surface area (TPSA) is 185 Å². The number of rotatable bonds is 5. The van der Waals surface area contributed by atoms with Crippen LogP contribution in [0.2, 0.25) is 0 Å². The number of nitrogens with zero attached hydrogens (tertiary/aromatic N) is 3. The summed E-state index contributed by atoms with van der Waals surface area (Å²) >= 11 is 0. The van der Waals surface area contributed by atoms with E-state index >= 15 is 0 Å². The molecule has 0 aromatic rings. The molecular weight excluding hydrogens is 218 g/mol. The summed E-state index contributed by atoms with van der Waals surface area (Å²) in [6, 6.07) is -1.34. The van der Waals surface area contributed by atoms with Crippen LogP contribution in [0, 0.1) is 30.3 Å². The fraction of sp³-hybridized carbons (Fsp3) is 0.667. The molecule has 15 heavy (non-hydrogen) atoms. The van der Waals surface area contributed by atoms with E-state index in [1.165, 1.54) is 5.32 Å². The lowest BCUT2D eigenvalue weighted by Gasteiger charge is -2.08. The van der Waals surface area contributed by atoms with Gasteiger partial charge in [0.05, 0.1) is 0 Å². The lowest BCUT2D eigenvalue weighted by Crippen LogP contribution is -2.60. The third-order valence-corrected chi connectivity index (χ3v) is 1.38. The van der Waals surface area contributed by atoms with Crippen molar-refractivity contribution >= 4 is 6.03 Å². The Labute approximate surface area is 80.5 Å². The van der Waals surface area contributed by atoms with Crippen molar-refractivity contribution in [1.29, 1.82) is 0 Å². The molecule has 84 valence electrons. The maximum atomic E-state index is 10.2. The number of hydrogen-bond acceptors (Lipinski definition) is 7. The van der Waals surface area contributed by atoms with Gasteiger partial charge < -0.3 is 11.1 Å². The molecule has 0 radical (unpaired) electrons. The van der Waals surface area contributed by atoms with Crippen molar-refractivity contribution in [3.63, 3.8) is 0 Å². The predicted octanol–water partition coefficient (Wildman–Crippen LogP) is -1.86. The summed E-state index contributed by atoms with van der Waals surface area (Å²) in [5.74, 6) is -3.71. The third-order valence-electron chi connectivity index (χ3n) is 1.38. The van der Waals surface area contributed by atoms with Crippen LogP contribution in [0.5, 0.6) is 0 Å². The largest absolute Gasteiger partial charge is 0.717 e. The summed E-state index contributed by atoms with van der Waals surface area (Å²) in [6.07, 6.45) is 0. The zero-order valence-corrected chi connectivity index (χ0v) is 6.98. The molecule has 0 aromatic heterocycles. The van der Waals surface area contributed by atoms with E-state index in [1.54, 1.807) is 0 Å². The predicted molar refractivity (Wildman–Crippen MR) is 41.3 cm³/mol. The van der Waals surface area contributed by atoms with Crippen LogP contribution in [0.15, 0.2) is 0 Å². The van der Waals surface area contributed by atoms with Crippen LogP contribution < -0.4 is 11.1 Å². The summed E-state index contributed by atoms with van der Waals surface area (Å²) < 4.78 is 0. The Morgan fingerprint density at radius 1 is 1.13 bits per heavy atom. The number of primary amides is 1. The Balaban J connectivity index is 5.15. The second-order valence-electron chi connectivity index (χ2n) is 2.26. The van der Waals surface area contributed by atoms with Crippen LogP contribution in [0.25, 0.3) is 0 Å². The fourth-order valence-corrected chi connectivity index (χ4v) is 0.599. The molecule has 2 amide bonds. The lowest BCUT2D eigenvalue weighted by molar-refractivity contribution is -0.966. The quantitative estimate of drug-likeness (QED) is 0.310. The van der Waals surface area contributed by atoms with E-state index in [2.05, 4.69) is 5.73 Å². The standard InChI is InChI=1S/C3H5N5O7/c4-2(9)5-1-3(6(10)11,7(12)13)8(14)15/h1H2,(H3,4,5,9). The highest BCUT2D eigenvalue weighted by molar-refractivity contribution is 5.71. The van der Waals surface area contributed by atoms with Gasteiger partial charge in [-0.3, -0.25) is 30.3 Å². The monoisotopic (exact) mass is 223 g/mol. The molecule has 0 heterocycles. The molecular formula is C3H5N5O7. The SMILES string of the molecule is NC(=O)NCC([N+](=O)[O-])([N+](=O)[O-])[N+](=O)[O-]. The molecule has 0 aliphatic rings. The molecule has 0 atom stereocenters. The van der Waals surface area contributed by atoms with Gasteiger partial charge in [-0.05, 0) is 0 Å². The second kappa shape index (κ2) is 4.12. The molecule has 0 aromatic carbocycles. The number of hydrogen-bond donors (Lipinski definition) is 2. The molecule has 0 fully saturated rings. The van der Waals surface area contributed by atoms with Crippen LogP contribution in [0.3, 0.4) is 0 Å². The van der Waals surface area contributed by atoms with E-state index in [1.807, 2.05) is 0 Å². The number of carbonyl (C=O) groups excluding carboxylic acids is 1. The molecule has 0 aliphatic heterocycles. The minimum Gasteiger partial charge on any atom is -0.352 e. The average Bonchev–Trinajstić information content (AvgIpc) is 2.02. The molecule has 0 bridgehead atoms. The van der Waals surface area contributed by atoms with Gasteiger partial charge in [0.2, 0.25) is 6.54 Å². The Bertz CT molecular complexity index is 289. The third kappa shape index (κ3) is 2.23. The minimum absolute atomic E-state index is 1.34. The first kappa shape index (κ1) is 12.5. The maximum Gasteiger partial charge on any atom is 0.717 e. The molecule has 0 saturated heterocycles. The van der Waals surface area contributed by atoms with Gasteiger partial charge in [0, 0.05) is 0 Å². The van der Waals surface area contributed by atoms with Crippen molar-refractivity contribution < 1.29 is 19.6 Å². The van der Waals surface area contributed by atoms with E-state index < -0.39 is 33.1 Å². The Morgan fingerprint density at radius 3 is 1.67 bits per heavy atom. The first-order valence-corrected chi connectivity index (χ1v) is 3.22. The molecule has 3 N–H and O–H groups in total. The normalized spacial score (nSPS) is 10.4. The van der Waals surface area contributed by atoms with Crippen LogP contribution >= 0.6 is 0 Å². The molecule has 0 unspecified atom stereocenters. The van der Waals surface area contributed by atoms with Crippen molar-refractivity contribution in [3.05, 3.63) is 30.3 Å². The van der Waals surface area contributed by atoms with Crippen LogP contribution in [0.1, 0.15) is 0 Å². The first-order valence-electron chi connectivity index (χ1n) is 3.22. The van der Waals surface area contributed by atoms with E-state index in [0.29, 0.717) is 0 Å². The molecule has 0 aliphatic carbocycles. The minimum atomic E-state index is -3.71. The highest BCUT2D eigenvalue weighted by Crippen LogP contribution is 2.10. The summed E-state index contributed by atoms with van der Waals surface area (Å²) in [6.45, 7) is -1.44. The van der Waals surface area contributed by atoms with Gasteiger partial charge in [-0.25, -0.2) is 4.79 Å².